The summed E-state index contributed by atoms with van der Waals surface area (Å²) in [5.74, 6) is 1.17. The van der Waals surface area contributed by atoms with Gasteiger partial charge in [0.1, 0.15) is 0 Å². The predicted molar refractivity (Wildman–Crippen MR) is 119 cm³/mol. The summed E-state index contributed by atoms with van der Waals surface area (Å²) in [7, 11) is 0. The average Bonchev–Trinajstić information content (AvgIpc) is 2.95. The average molecular weight is 403 g/mol. The highest BCUT2D eigenvalue weighted by Crippen LogP contribution is 2.57. The van der Waals surface area contributed by atoms with Gasteiger partial charge in [-0.1, -0.05) is 55.2 Å². The Kier molecular flexibility index (Phi) is 7.13. The van der Waals surface area contributed by atoms with Crippen LogP contribution in [0.1, 0.15) is 91.9 Å². The molecule has 0 radical (unpaired) electrons. The largest absolute Gasteiger partial charge is 0.393 e. The maximum atomic E-state index is 10.0. The third-order valence-electron chi connectivity index (χ3n) is 7.64. The summed E-state index contributed by atoms with van der Waals surface area (Å²) in [6.07, 6.45) is 16.0. The molecule has 3 nitrogen and oxygen atoms in total. The Bertz CT molecular complexity index is 654. The predicted octanol–water partition coefficient (Wildman–Crippen LogP) is 5.46. The van der Waals surface area contributed by atoms with Gasteiger partial charge < -0.3 is 15.3 Å². The fraction of sp³-hybridized carbons (Fsp3) is 0.769. The molecule has 3 aliphatic carbocycles. The number of hydrogen-bond donors (Lipinski definition) is 3. The summed E-state index contributed by atoms with van der Waals surface area (Å²) < 4.78 is 0. The lowest BCUT2D eigenvalue weighted by Crippen LogP contribution is -2.32. The Morgan fingerprint density at radius 1 is 1.21 bits per heavy atom. The van der Waals surface area contributed by atoms with E-state index in [-0.39, 0.29) is 5.41 Å². The standard InChI is InChI=1S/C26H42O3/c1-18(7-5-13-25(2,3)29)23-11-12-24-20(8-6-14-26(23,24)4)10-9-19-15-21(27)17-22(28)16-19/h9-11,18,21-22,24,27-29H,5-8,12-17H2,1-4H3/b19-9?,20-10+/t18-,21-,22?,24+,26-/m1/s1. The Morgan fingerprint density at radius 2 is 1.90 bits per heavy atom. The molecule has 1 unspecified atom stereocenters. The Balaban J connectivity index is 1.67. The summed E-state index contributed by atoms with van der Waals surface area (Å²) in [5.41, 5.74) is 4.07. The number of hydrogen-bond acceptors (Lipinski definition) is 3. The van der Waals surface area contributed by atoms with Crippen molar-refractivity contribution < 1.29 is 15.3 Å². The molecule has 5 atom stereocenters. The van der Waals surface area contributed by atoms with Gasteiger partial charge in [-0.25, -0.2) is 0 Å². The molecular weight excluding hydrogens is 360 g/mol. The summed E-state index contributed by atoms with van der Waals surface area (Å²) >= 11 is 0. The lowest BCUT2D eigenvalue weighted by atomic mass is 9.62. The van der Waals surface area contributed by atoms with Gasteiger partial charge in [0.15, 0.2) is 0 Å². The summed E-state index contributed by atoms with van der Waals surface area (Å²) in [5, 5.41) is 29.9. The van der Waals surface area contributed by atoms with E-state index < -0.39 is 17.8 Å². The topological polar surface area (TPSA) is 60.7 Å². The number of aliphatic hydroxyl groups excluding tert-OH is 2. The van der Waals surface area contributed by atoms with Crippen LogP contribution >= 0.6 is 0 Å². The number of aliphatic hydroxyl groups is 3. The van der Waals surface area contributed by atoms with Gasteiger partial charge in [0.25, 0.3) is 0 Å². The monoisotopic (exact) mass is 402 g/mol. The first-order valence-corrected chi connectivity index (χ1v) is 11.8. The van der Waals surface area contributed by atoms with E-state index in [1.165, 1.54) is 24.8 Å². The van der Waals surface area contributed by atoms with Crippen molar-refractivity contribution in [3.8, 4) is 0 Å². The summed E-state index contributed by atoms with van der Waals surface area (Å²) in [6.45, 7) is 8.65. The molecule has 0 amide bonds. The van der Waals surface area contributed by atoms with Gasteiger partial charge in [0.05, 0.1) is 17.8 Å². The van der Waals surface area contributed by atoms with Crippen molar-refractivity contribution in [2.75, 3.05) is 0 Å². The molecule has 0 aromatic heterocycles. The first-order chi connectivity index (χ1) is 13.6. The van der Waals surface area contributed by atoms with Gasteiger partial charge >= 0.3 is 0 Å². The Labute approximate surface area is 177 Å². The van der Waals surface area contributed by atoms with E-state index in [9.17, 15) is 15.3 Å². The fourth-order valence-electron chi connectivity index (χ4n) is 6.14. The molecule has 3 N–H and O–H groups in total. The van der Waals surface area contributed by atoms with Gasteiger partial charge in [-0.05, 0) is 88.9 Å². The molecule has 3 rings (SSSR count). The SMILES string of the molecule is C[C@H](CCCC(C)(C)O)C1=CC[C@H]2/C(=C/C=C3CC(O)C[C@H](O)C3)CCC[C@]12C. The maximum absolute atomic E-state index is 10.0. The highest BCUT2D eigenvalue weighted by Gasteiger charge is 2.45. The number of fused-ring (bicyclic) bond motifs is 1. The Morgan fingerprint density at radius 3 is 2.55 bits per heavy atom. The van der Waals surface area contributed by atoms with E-state index in [1.807, 2.05) is 13.8 Å². The first-order valence-electron chi connectivity index (χ1n) is 11.8. The molecule has 0 saturated heterocycles. The van der Waals surface area contributed by atoms with Crippen LogP contribution in [0.4, 0.5) is 0 Å². The molecule has 0 heterocycles. The van der Waals surface area contributed by atoms with Crippen LogP contribution in [0.15, 0.2) is 34.9 Å². The highest BCUT2D eigenvalue weighted by molar-refractivity contribution is 5.34. The second kappa shape index (κ2) is 9.08. The van der Waals surface area contributed by atoms with E-state index in [4.69, 9.17) is 0 Å². The minimum atomic E-state index is -0.565. The van der Waals surface area contributed by atoms with Crippen molar-refractivity contribution in [2.45, 2.75) is 110 Å². The molecule has 2 saturated carbocycles. The molecule has 0 bridgehead atoms. The summed E-state index contributed by atoms with van der Waals surface area (Å²) in [6, 6.07) is 0. The van der Waals surface area contributed by atoms with Gasteiger partial charge in [-0.2, -0.15) is 0 Å². The van der Waals surface area contributed by atoms with Crippen molar-refractivity contribution in [1.82, 2.24) is 0 Å². The number of rotatable bonds is 6. The van der Waals surface area contributed by atoms with E-state index in [0.717, 1.165) is 25.7 Å². The molecule has 0 spiro atoms. The molecule has 0 aromatic carbocycles. The molecule has 2 fully saturated rings. The van der Waals surface area contributed by atoms with Crippen LogP contribution in [0.25, 0.3) is 0 Å². The van der Waals surface area contributed by atoms with Crippen LogP contribution in [0.3, 0.4) is 0 Å². The van der Waals surface area contributed by atoms with Gasteiger partial charge in [-0.3, -0.25) is 0 Å². The zero-order chi connectivity index (χ0) is 21.2. The fourth-order valence-corrected chi connectivity index (χ4v) is 6.14. The van der Waals surface area contributed by atoms with Gasteiger partial charge in [-0.15, -0.1) is 0 Å². The second-order valence-corrected chi connectivity index (χ2v) is 10.8. The highest BCUT2D eigenvalue weighted by atomic mass is 16.3. The van der Waals surface area contributed by atoms with E-state index >= 15 is 0 Å². The van der Waals surface area contributed by atoms with Crippen LogP contribution in [0, 0.1) is 17.3 Å². The van der Waals surface area contributed by atoms with Crippen molar-refractivity contribution in [3.05, 3.63) is 34.9 Å². The molecule has 0 aromatic rings. The van der Waals surface area contributed by atoms with Gasteiger partial charge in [0.2, 0.25) is 0 Å². The van der Waals surface area contributed by atoms with E-state index in [2.05, 4.69) is 32.1 Å². The summed E-state index contributed by atoms with van der Waals surface area (Å²) in [4.78, 5) is 0. The lowest BCUT2D eigenvalue weighted by Gasteiger charge is -2.42. The van der Waals surface area contributed by atoms with Crippen LogP contribution in [-0.2, 0) is 0 Å². The second-order valence-electron chi connectivity index (χ2n) is 10.8. The third-order valence-corrected chi connectivity index (χ3v) is 7.64. The maximum Gasteiger partial charge on any atom is 0.0602 e. The molecule has 164 valence electrons. The minimum absolute atomic E-state index is 0.266. The first kappa shape index (κ1) is 22.8. The van der Waals surface area contributed by atoms with Crippen molar-refractivity contribution >= 4 is 0 Å². The van der Waals surface area contributed by atoms with Crippen molar-refractivity contribution in [1.29, 1.82) is 0 Å². The molecule has 0 aliphatic heterocycles. The van der Waals surface area contributed by atoms with Crippen LogP contribution < -0.4 is 0 Å². The van der Waals surface area contributed by atoms with Crippen LogP contribution in [0.5, 0.6) is 0 Å². The zero-order valence-electron chi connectivity index (χ0n) is 19.0. The van der Waals surface area contributed by atoms with E-state index in [0.29, 0.717) is 31.1 Å². The molecule has 3 aliphatic rings. The van der Waals surface area contributed by atoms with Gasteiger partial charge in [0, 0.05) is 0 Å². The lowest BCUT2D eigenvalue weighted by molar-refractivity contribution is 0.0608. The van der Waals surface area contributed by atoms with E-state index in [1.54, 1.807) is 11.1 Å². The minimum Gasteiger partial charge on any atom is -0.393 e. The van der Waals surface area contributed by atoms with Crippen molar-refractivity contribution in [2.24, 2.45) is 17.3 Å². The normalized spacial score (nSPS) is 36.9. The molecular formula is C26H42O3. The smallest absolute Gasteiger partial charge is 0.0602 e. The number of allylic oxidation sites excluding steroid dienone is 5. The van der Waals surface area contributed by atoms with Crippen molar-refractivity contribution in [3.63, 3.8) is 0 Å². The van der Waals surface area contributed by atoms with Crippen LogP contribution in [-0.4, -0.2) is 33.1 Å². The quantitative estimate of drug-likeness (QED) is 0.517. The van der Waals surface area contributed by atoms with Crippen LogP contribution in [0.2, 0.25) is 0 Å². The zero-order valence-corrected chi connectivity index (χ0v) is 19.0. The Hall–Kier alpha value is -0.900. The molecule has 3 heteroatoms. The molecule has 29 heavy (non-hydrogen) atoms. The third kappa shape index (κ3) is 5.62.